The van der Waals surface area contributed by atoms with Gasteiger partial charge in [-0.1, -0.05) is 20.8 Å². The minimum absolute atomic E-state index is 0.0235. The number of hydrogen-bond donors (Lipinski definition) is 1. The van der Waals surface area contributed by atoms with E-state index in [4.69, 9.17) is 10.5 Å². The highest BCUT2D eigenvalue weighted by atomic mass is 32.2. The lowest BCUT2D eigenvalue weighted by molar-refractivity contribution is 0.0776. The van der Waals surface area contributed by atoms with E-state index in [-0.39, 0.29) is 22.0 Å². The van der Waals surface area contributed by atoms with Crippen LogP contribution in [0.3, 0.4) is 0 Å². The molecular weight excluding hydrogens is 354 g/mol. The molecule has 1 heterocycles. The number of benzene rings is 1. The van der Waals surface area contributed by atoms with Gasteiger partial charge in [0.2, 0.25) is 10.0 Å². The molecule has 0 spiro atoms. The summed E-state index contributed by atoms with van der Waals surface area (Å²) in [5.74, 6) is 0.0579. The normalized spacial score (nSPS) is 20.6. The van der Waals surface area contributed by atoms with E-state index in [9.17, 15) is 13.2 Å². The van der Waals surface area contributed by atoms with Gasteiger partial charge < -0.3 is 15.4 Å². The van der Waals surface area contributed by atoms with Crippen molar-refractivity contribution in [3.05, 3.63) is 23.8 Å². The standard InChI is InChI=1S/C18H29N3O4S/c1-5-21(6-2)26(23,24)16-11-14(7-8-15(16)25-4)17(22)20-10-9-18(3,12-19)13-20/h7-8,11H,5-6,9-10,12-13,19H2,1-4H3. The molecule has 7 nitrogen and oxygen atoms in total. The number of sulfonamides is 1. The molecule has 1 aromatic carbocycles. The number of amides is 1. The van der Waals surface area contributed by atoms with Gasteiger partial charge in [0, 0.05) is 31.7 Å². The number of carbonyl (C=O) groups excluding carboxylic acids is 1. The fourth-order valence-electron chi connectivity index (χ4n) is 3.26. The van der Waals surface area contributed by atoms with Gasteiger partial charge in [0.25, 0.3) is 5.91 Å². The zero-order chi connectivity index (χ0) is 19.5. The van der Waals surface area contributed by atoms with Crippen molar-refractivity contribution in [1.29, 1.82) is 0 Å². The van der Waals surface area contributed by atoms with E-state index in [0.717, 1.165) is 6.42 Å². The second-order valence-electron chi connectivity index (χ2n) is 6.95. The molecule has 1 aliphatic rings. The highest BCUT2D eigenvalue weighted by Gasteiger charge is 2.36. The molecule has 1 atom stereocenters. The maximum absolute atomic E-state index is 12.9. The Balaban J connectivity index is 2.40. The SMILES string of the molecule is CCN(CC)S(=O)(=O)c1cc(C(=O)N2CCC(C)(CN)C2)ccc1OC. The Hall–Kier alpha value is -1.64. The van der Waals surface area contributed by atoms with Gasteiger partial charge in [0.1, 0.15) is 10.6 Å². The van der Waals surface area contributed by atoms with E-state index in [1.807, 2.05) is 0 Å². The molecule has 8 heteroatoms. The molecule has 1 aliphatic heterocycles. The van der Waals surface area contributed by atoms with E-state index >= 15 is 0 Å². The van der Waals surface area contributed by atoms with E-state index in [1.54, 1.807) is 30.9 Å². The van der Waals surface area contributed by atoms with Crippen molar-refractivity contribution in [3.63, 3.8) is 0 Å². The Morgan fingerprint density at radius 2 is 2.00 bits per heavy atom. The van der Waals surface area contributed by atoms with Crippen molar-refractivity contribution in [2.45, 2.75) is 32.1 Å². The van der Waals surface area contributed by atoms with E-state index in [1.165, 1.54) is 17.5 Å². The Bertz CT molecular complexity index is 762. The van der Waals surface area contributed by atoms with Gasteiger partial charge in [-0.05, 0) is 36.6 Å². The van der Waals surface area contributed by atoms with Gasteiger partial charge in [0.15, 0.2) is 0 Å². The van der Waals surface area contributed by atoms with Crippen LogP contribution in [0.15, 0.2) is 23.1 Å². The molecule has 1 unspecified atom stereocenters. The summed E-state index contributed by atoms with van der Waals surface area (Å²) in [5, 5.41) is 0. The number of carbonyl (C=O) groups is 1. The molecule has 0 radical (unpaired) electrons. The first-order valence-corrected chi connectivity index (χ1v) is 10.3. The molecule has 0 saturated carbocycles. The van der Waals surface area contributed by atoms with Gasteiger partial charge in [-0.2, -0.15) is 4.31 Å². The molecule has 1 fully saturated rings. The van der Waals surface area contributed by atoms with Crippen LogP contribution in [0.4, 0.5) is 0 Å². The Morgan fingerprint density at radius 1 is 1.35 bits per heavy atom. The lowest BCUT2D eigenvalue weighted by Crippen LogP contribution is -2.35. The maximum Gasteiger partial charge on any atom is 0.253 e. The van der Waals surface area contributed by atoms with Crippen LogP contribution in [-0.2, 0) is 10.0 Å². The van der Waals surface area contributed by atoms with E-state index in [2.05, 4.69) is 6.92 Å². The van der Waals surface area contributed by atoms with Crippen LogP contribution in [0.5, 0.6) is 5.75 Å². The summed E-state index contributed by atoms with van der Waals surface area (Å²) >= 11 is 0. The summed E-state index contributed by atoms with van der Waals surface area (Å²) in [4.78, 5) is 14.6. The van der Waals surface area contributed by atoms with Crippen molar-refractivity contribution in [1.82, 2.24) is 9.21 Å². The molecule has 26 heavy (non-hydrogen) atoms. The van der Waals surface area contributed by atoms with Crippen LogP contribution in [0.25, 0.3) is 0 Å². The molecule has 1 saturated heterocycles. The number of methoxy groups -OCH3 is 1. The van der Waals surface area contributed by atoms with Crippen molar-refractivity contribution >= 4 is 15.9 Å². The second kappa shape index (κ2) is 7.94. The van der Waals surface area contributed by atoms with Crippen LogP contribution in [0, 0.1) is 5.41 Å². The van der Waals surface area contributed by atoms with Crippen molar-refractivity contribution < 1.29 is 17.9 Å². The summed E-state index contributed by atoms with van der Waals surface area (Å²) < 4.78 is 32.4. The lowest BCUT2D eigenvalue weighted by Gasteiger charge is -2.23. The molecular formula is C18H29N3O4S. The first-order chi connectivity index (χ1) is 12.2. The van der Waals surface area contributed by atoms with Gasteiger partial charge in [-0.25, -0.2) is 8.42 Å². The number of rotatable bonds is 7. The Kier molecular flexibility index (Phi) is 6.31. The highest BCUT2D eigenvalue weighted by Crippen LogP contribution is 2.32. The third kappa shape index (κ3) is 3.87. The number of nitrogens with two attached hydrogens (primary N) is 1. The average molecular weight is 384 g/mol. The Morgan fingerprint density at radius 3 is 2.50 bits per heavy atom. The van der Waals surface area contributed by atoms with Crippen molar-refractivity contribution in [3.8, 4) is 5.75 Å². The van der Waals surface area contributed by atoms with E-state index < -0.39 is 10.0 Å². The maximum atomic E-state index is 12.9. The third-order valence-corrected chi connectivity index (χ3v) is 7.14. The predicted molar refractivity (Wildman–Crippen MR) is 101 cm³/mol. The van der Waals surface area contributed by atoms with Gasteiger partial charge in [-0.15, -0.1) is 0 Å². The van der Waals surface area contributed by atoms with E-state index in [0.29, 0.717) is 38.3 Å². The summed E-state index contributed by atoms with van der Waals surface area (Å²) in [6, 6.07) is 4.58. The minimum atomic E-state index is -3.73. The number of likely N-dealkylation sites (tertiary alicyclic amines) is 1. The number of ether oxygens (including phenoxy) is 1. The third-order valence-electron chi connectivity index (χ3n) is 5.07. The molecule has 0 aliphatic carbocycles. The lowest BCUT2D eigenvalue weighted by atomic mass is 9.90. The first kappa shape index (κ1) is 20.7. The molecule has 146 valence electrons. The smallest absolute Gasteiger partial charge is 0.253 e. The molecule has 2 N–H and O–H groups in total. The fraction of sp³-hybridized carbons (Fsp3) is 0.611. The molecule has 0 bridgehead atoms. The minimum Gasteiger partial charge on any atom is -0.495 e. The summed E-state index contributed by atoms with van der Waals surface area (Å²) in [7, 11) is -2.31. The van der Waals surface area contributed by atoms with Crippen LogP contribution < -0.4 is 10.5 Å². The zero-order valence-corrected chi connectivity index (χ0v) is 16.8. The van der Waals surface area contributed by atoms with Crippen LogP contribution in [-0.4, -0.2) is 63.4 Å². The summed E-state index contributed by atoms with van der Waals surface area (Å²) in [6.45, 7) is 8.03. The fourth-order valence-corrected chi connectivity index (χ4v) is 4.90. The van der Waals surface area contributed by atoms with Crippen molar-refractivity contribution in [2.24, 2.45) is 11.1 Å². The van der Waals surface area contributed by atoms with Crippen LogP contribution in [0.2, 0.25) is 0 Å². The van der Waals surface area contributed by atoms with Crippen LogP contribution in [0.1, 0.15) is 37.6 Å². The Labute approximate surface area is 156 Å². The number of hydrogen-bond acceptors (Lipinski definition) is 5. The van der Waals surface area contributed by atoms with Crippen molar-refractivity contribution in [2.75, 3.05) is 39.8 Å². The molecule has 1 amide bonds. The van der Waals surface area contributed by atoms with Gasteiger partial charge in [0.05, 0.1) is 7.11 Å². The van der Waals surface area contributed by atoms with Crippen LogP contribution >= 0.6 is 0 Å². The topological polar surface area (TPSA) is 92.9 Å². The van der Waals surface area contributed by atoms with Gasteiger partial charge in [-0.3, -0.25) is 4.79 Å². The quantitative estimate of drug-likeness (QED) is 0.771. The average Bonchev–Trinajstić information content (AvgIpc) is 3.04. The van der Waals surface area contributed by atoms with Gasteiger partial charge >= 0.3 is 0 Å². The largest absolute Gasteiger partial charge is 0.495 e. The number of nitrogens with zero attached hydrogens (tertiary/aromatic N) is 2. The highest BCUT2D eigenvalue weighted by molar-refractivity contribution is 7.89. The second-order valence-corrected chi connectivity index (χ2v) is 8.85. The summed E-state index contributed by atoms with van der Waals surface area (Å²) in [5.41, 5.74) is 6.07. The zero-order valence-electron chi connectivity index (χ0n) is 16.0. The molecule has 0 aromatic heterocycles. The summed E-state index contributed by atoms with van der Waals surface area (Å²) in [6.07, 6.45) is 0.843. The predicted octanol–water partition coefficient (Wildman–Crippen LogP) is 1.54. The first-order valence-electron chi connectivity index (χ1n) is 8.90. The monoisotopic (exact) mass is 383 g/mol. The molecule has 2 rings (SSSR count). The molecule has 1 aromatic rings.